The molecule has 3 rings (SSSR count). The van der Waals surface area contributed by atoms with Crippen LogP contribution in [0.15, 0.2) is 48.5 Å². The minimum absolute atomic E-state index is 0.559. The van der Waals surface area contributed by atoms with E-state index in [-0.39, 0.29) is 0 Å². The van der Waals surface area contributed by atoms with E-state index < -0.39 is 11.7 Å². The topological polar surface area (TPSA) is 12.9 Å². The molecular formula is C16H12F3NS. The molecule has 1 nitrogen and oxygen atoms in total. The largest absolute Gasteiger partial charge is 0.416 e. The summed E-state index contributed by atoms with van der Waals surface area (Å²) in [6, 6.07) is 13.3. The van der Waals surface area contributed by atoms with Gasteiger partial charge in [0.1, 0.15) is 0 Å². The predicted molar refractivity (Wildman–Crippen MR) is 78.5 cm³/mol. The quantitative estimate of drug-likeness (QED) is 0.656. The van der Waals surface area contributed by atoms with Crippen LogP contribution >= 0.6 is 11.3 Å². The highest BCUT2D eigenvalue weighted by molar-refractivity contribution is 7.18. The van der Waals surface area contributed by atoms with E-state index in [1.165, 1.54) is 12.1 Å². The summed E-state index contributed by atoms with van der Waals surface area (Å²) >= 11 is 1.59. The summed E-state index contributed by atoms with van der Waals surface area (Å²) in [7, 11) is 0. The Labute approximate surface area is 124 Å². The third kappa shape index (κ3) is 3.24. The summed E-state index contributed by atoms with van der Waals surface area (Å²) in [6.07, 6.45) is -3.07. The molecule has 1 aromatic heterocycles. The third-order valence-corrected chi connectivity index (χ3v) is 4.32. The minimum Gasteiger partial charge on any atom is -0.241 e. The van der Waals surface area contributed by atoms with Crippen LogP contribution in [0.1, 0.15) is 16.1 Å². The van der Waals surface area contributed by atoms with Crippen molar-refractivity contribution in [2.24, 2.45) is 0 Å². The lowest BCUT2D eigenvalue weighted by Gasteiger charge is -2.08. The molecule has 21 heavy (non-hydrogen) atoms. The van der Waals surface area contributed by atoms with Crippen molar-refractivity contribution in [2.75, 3.05) is 0 Å². The molecule has 0 N–H and O–H groups in total. The molecule has 0 atom stereocenters. The van der Waals surface area contributed by atoms with E-state index in [0.29, 0.717) is 18.4 Å². The molecule has 0 aliphatic rings. The van der Waals surface area contributed by atoms with Gasteiger partial charge in [0.05, 0.1) is 20.8 Å². The van der Waals surface area contributed by atoms with Crippen LogP contribution in [0.2, 0.25) is 0 Å². The van der Waals surface area contributed by atoms with Crippen LogP contribution in [0.4, 0.5) is 13.2 Å². The molecule has 108 valence electrons. The van der Waals surface area contributed by atoms with Gasteiger partial charge in [0, 0.05) is 6.42 Å². The van der Waals surface area contributed by atoms with Crippen molar-refractivity contribution < 1.29 is 13.2 Å². The second kappa shape index (κ2) is 5.48. The van der Waals surface area contributed by atoms with Gasteiger partial charge in [-0.05, 0) is 30.2 Å². The normalized spacial score (nSPS) is 12.0. The van der Waals surface area contributed by atoms with E-state index >= 15 is 0 Å². The summed E-state index contributed by atoms with van der Waals surface area (Å²) < 4.78 is 39.1. The van der Waals surface area contributed by atoms with Crippen molar-refractivity contribution in [1.82, 2.24) is 4.98 Å². The number of aromatic nitrogens is 1. The Bertz CT molecular complexity index is 728. The number of rotatable bonds is 3. The van der Waals surface area contributed by atoms with Gasteiger partial charge in [-0.1, -0.05) is 30.3 Å². The number of thiazole rings is 1. The number of fused-ring (bicyclic) bond motifs is 1. The third-order valence-electron chi connectivity index (χ3n) is 3.22. The monoisotopic (exact) mass is 307 g/mol. The maximum absolute atomic E-state index is 12.7. The summed E-state index contributed by atoms with van der Waals surface area (Å²) in [4.78, 5) is 4.50. The molecule has 0 bridgehead atoms. The second-order valence-electron chi connectivity index (χ2n) is 4.77. The predicted octanol–water partition coefficient (Wildman–Crippen LogP) is 5.10. The lowest BCUT2D eigenvalue weighted by molar-refractivity contribution is -0.137. The number of aryl methyl sites for hydroxylation is 2. The minimum atomic E-state index is -4.29. The van der Waals surface area contributed by atoms with Gasteiger partial charge in [0.2, 0.25) is 0 Å². The number of hydrogen-bond acceptors (Lipinski definition) is 2. The second-order valence-corrected chi connectivity index (χ2v) is 5.89. The zero-order valence-electron chi connectivity index (χ0n) is 11.0. The Kier molecular flexibility index (Phi) is 3.68. The maximum Gasteiger partial charge on any atom is 0.416 e. The maximum atomic E-state index is 12.7. The van der Waals surface area contributed by atoms with Gasteiger partial charge in [0.15, 0.2) is 0 Å². The van der Waals surface area contributed by atoms with E-state index in [4.69, 9.17) is 0 Å². The van der Waals surface area contributed by atoms with E-state index in [1.54, 1.807) is 17.4 Å². The van der Waals surface area contributed by atoms with Crippen LogP contribution in [0, 0.1) is 0 Å². The van der Waals surface area contributed by atoms with Crippen molar-refractivity contribution in [3.05, 3.63) is 64.7 Å². The van der Waals surface area contributed by atoms with Crippen LogP contribution in [-0.2, 0) is 19.0 Å². The Morgan fingerprint density at radius 1 is 0.952 bits per heavy atom. The van der Waals surface area contributed by atoms with Gasteiger partial charge in [-0.2, -0.15) is 13.2 Å². The number of alkyl halides is 3. The highest BCUT2D eigenvalue weighted by Crippen LogP contribution is 2.30. The number of para-hydroxylation sites is 1. The lowest BCUT2D eigenvalue weighted by atomic mass is 10.1. The summed E-state index contributed by atoms with van der Waals surface area (Å²) in [6.45, 7) is 0. The first-order valence-electron chi connectivity index (χ1n) is 6.53. The smallest absolute Gasteiger partial charge is 0.241 e. The van der Waals surface area contributed by atoms with Crippen LogP contribution in [0.5, 0.6) is 0 Å². The summed E-state index contributed by atoms with van der Waals surface area (Å²) in [5, 5.41) is 0.952. The van der Waals surface area contributed by atoms with Crippen molar-refractivity contribution >= 4 is 21.6 Å². The molecule has 0 radical (unpaired) electrons. The average molecular weight is 307 g/mol. The number of hydrogen-bond donors (Lipinski definition) is 0. The lowest BCUT2D eigenvalue weighted by Crippen LogP contribution is -2.05. The molecule has 5 heteroatoms. The molecule has 0 saturated heterocycles. The first-order chi connectivity index (χ1) is 10.0. The molecule has 0 spiro atoms. The van der Waals surface area contributed by atoms with Gasteiger partial charge in [-0.3, -0.25) is 0 Å². The van der Waals surface area contributed by atoms with Crippen LogP contribution in [0.3, 0.4) is 0 Å². The van der Waals surface area contributed by atoms with Crippen LogP contribution in [0.25, 0.3) is 10.2 Å². The van der Waals surface area contributed by atoms with Gasteiger partial charge in [-0.25, -0.2) is 4.98 Å². The summed E-state index contributed by atoms with van der Waals surface area (Å²) in [5.41, 5.74) is 1.04. The molecule has 0 saturated carbocycles. The molecule has 3 aromatic rings. The Morgan fingerprint density at radius 2 is 1.76 bits per heavy atom. The molecule has 0 aliphatic heterocycles. The first kappa shape index (κ1) is 14.1. The fraction of sp³-hybridized carbons (Fsp3) is 0.188. The van der Waals surface area contributed by atoms with E-state index in [9.17, 15) is 13.2 Å². The van der Waals surface area contributed by atoms with Crippen molar-refractivity contribution in [3.8, 4) is 0 Å². The fourth-order valence-electron chi connectivity index (χ4n) is 2.18. The number of nitrogens with zero attached hydrogens (tertiary/aromatic N) is 1. The number of benzene rings is 2. The van der Waals surface area contributed by atoms with Gasteiger partial charge in [0.25, 0.3) is 0 Å². The van der Waals surface area contributed by atoms with Gasteiger partial charge >= 0.3 is 6.18 Å². The fourth-order valence-corrected chi connectivity index (χ4v) is 3.15. The Hall–Kier alpha value is -1.88. The van der Waals surface area contributed by atoms with Crippen LogP contribution < -0.4 is 0 Å². The zero-order chi connectivity index (χ0) is 14.9. The number of halogens is 3. The van der Waals surface area contributed by atoms with Crippen molar-refractivity contribution in [1.29, 1.82) is 0 Å². The SMILES string of the molecule is FC(F)(F)c1cccc(CCc2nc3ccccc3s2)c1. The Balaban J connectivity index is 1.75. The molecule has 0 fully saturated rings. The van der Waals surface area contributed by atoms with Crippen LogP contribution in [-0.4, -0.2) is 4.98 Å². The first-order valence-corrected chi connectivity index (χ1v) is 7.34. The molecule has 1 heterocycles. The highest BCUT2D eigenvalue weighted by Gasteiger charge is 2.30. The standard InChI is InChI=1S/C16H12F3NS/c17-16(18,19)12-5-3-4-11(10-12)8-9-15-20-13-6-1-2-7-14(13)21-15/h1-7,10H,8-9H2. The van der Waals surface area contributed by atoms with E-state index in [1.807, 2.05) is 24.3 Å². The zero-order valence-corrected chi connectivity index (χ0v) is 11.8. The van der Waals surface area contributed by atoms with Crippen molar-refractivity contribution in [2.45, 2.75) is 19.0 Å². The Morgan fingerprint density at radius 3 is 2.52 bits per heavy atom. The van der Waals surface area contributed by atoms with E-state index in [2.05, 4.69) is 4.98 Å². The molecule has 0 aliphatic carbocycles. The van der Waals surface area contributed by atoms with Crippen molar-refractivity contribution in [3.63, 3.8) is 0 Å². The average Bonchev–Trinajstić information content (AvgIpc) is 2.87. The molecular weight excluding hydrogens is 295 g/mol. The molecule has 2 aromatic carbocycles. The van der Waals surface area contributed by atoms with Gasteiger partial charge in [-0.15, -0.1) is 11.3 Å². The van der Waals surface area contributed by atoms with E-state index in [0.717, 1.165) is 21.3 Å². The molecule has 0 amide bonds. The highest BCUT2D eigenvalue weighted by atomic mass is 32.1. The van der Waals surface area contributed by atoms with Gasteiger partial charge < -0.3 is 0 Å². The molecule has 0 unspecified atom stereocenters. The summed E-state index contributed by atoms with van der Waals surface area (Å²) in [5.74, 6) is 0.